The largest absolute Gasteiger partial charge is 0.338 e. The Morgan fingerprint density at radius 3 is 2.88 bits per heavy atom. The van der Waals surface area contributed by atoms with E-state index >= 15 is 0 Å². The van der Waals surface area contributed by atoms with Gasteiger partial charge < -0.3 is 9.42 Å². The third-order valence-corrected chi connectivity index (χ3v) is 3.64. The molecule has 1 aliphatic heterocycles. The number of hydrogen-bond acceptors (Lipinski definition) is 5. The molecule has 2 aromatic heterocycles. The molecule has 0 aliphatic carbocycles. The van der Waals surface area contributed by atoms with Gasteiger partial charge in [0.25, 0.3) is 11.8 Å². The Bertz CT molecular complexity index is 446. The van der Waals surface area contributed by atoms with Crippen LogP contribution in [0.5, 0.6) is 0 Å². The van der Waals surface area contributed by atoms with Gasteiger partial charge in [0.15, 0.2) is 0 Å². The first-order valence-corrected chi connectivity index (χ1v) is 6.44. The van der Waals surface area contributed by atoms with E-state index in [9.17, 15) is 0 Å². The molecular formula is C11H13N3OS. The average Bonchev–Trinajstić information content (AvgIpc) is 3.01. The SMILES string of the molecule is c1csc(-c2nc(N3CCCCC3)no2)c1. The summed E-state index contributed by atoms with van der Waals surface area (Å²) in [6.07, 6.45) is 3.76. The van der Waals surface area contributed by atoms with Crippen LogP contribution in [0, 0.1) is 0 Å². The predicted molar refractivity (Wildman–Crippen MR) is 63.7 cm³/mol. The molecule has 16 heavy (non-hydrogen) atoms. The highest BCUT2D eigenvalue weighted by Crippen LogP contribution is 2.25. The highest BCUT2D eigenvalue weighted by atomic mass is 32.1. The van der Waals surface area contributed by atoms with Gasteiger partial charge in [0.1, 0.15) is 0 Å². The van der Waals surface area contributed by atoms with Crippen LogP contribution in [-0.2, 0) is 0 Å². The smallest absolute Gasteiger partial charge is 0.269 e. The third-order valence-electron chi connectivity index (χ3n) is 2.79. The molecule has 84 valence electrons. The predicted octanol–water partition coefficient (Wildman–Crippen LogP) is 2.79. The minimum Gasteiger partial charge on any atom is -0.338 e. The van der Waals surface area contributed by atoms with Crippen molar-refractivity contribution in [3.63, 3.8) is 0 Å². The second kappa shape index (κ2) is 4.25. The summed E-state index contributed by atoms with van der Waals surface area (Å²) in [5.74, 6) is 1.37. The molecule has 1 fully saturated rings. The second-order valence-electron chi connectivity index (χ2n) is 3.92. The molecule has 5 heteroatoms. The molecule has 1 saturated heterocycles. The minimum atomic E-state index is 0.635. The quantitative estimate of drug-likeness (QED) is 0.802. The average molecular weight is 235 g/mol. The maximum absolute atomic E-state index is 5.27. The van der Waals surface area contributed by atoms with Crippen molar-refractivity contribution in [2.45, 2.75) is 19.3 Å². The first-order valence-electron chi connectivity index (χ1n) is 5.56. The van der Waals surface area contributed by atoms with Gasteiger partial charge in [0, 0.05) is 13.1 Å². The zero-order valence-electron chi connectivity index (χ0n) is 8.93. The van der Waals surface area contributed by atoms with Crippen molar-refractivity contribution >= 4 is 17.3 Å². The highest BCUT2D eigenvalue weighted by molar-refractivity contribution is 7.13. The first kappa shape index (κ1) is 9.84. The monoisotopic (exact) mass is 235 g/mol. The van der Waals surface area contributed by atoms with Crippen LogP contribution in [0.1, 0.15) is 19.3 Å². The zero-order valence-corrected chi connectivity index (χ0v) is 9.74. The molecule has 2 aromatic rings. The Labute approximate surface area is 97.9 Å². The Kier molecular flexibility index (Phi) is 2.61. The molecule has 0 saturated carbocycles. The van der Waals surface area contributed by atoms with E-state index in [1.807, 2.05) is 17.5 Å². The molecular weight excluding hydrogens is 222 g/mol. The molecule has 0 amide bonds. The van der Waals surface area contributed by atoms with Crippen molar-refractivity contribution in [2.75, 3.05) is 18.0 Å². The first-order chi connectivity index (χ1) is 7.93. The molecule has 0 radical (unpaired) electrons. The van der Waals surface area contributed by atoms with Crippen molar-refractivity contribution in [1.82, 2.24) is 10.1 Å². The van der Waals surface area contributed by atoms with Gasteiger partial charge in [-0.15, -0.1) is 11.3 Å². The lowest BCUT2D eigenvalue weighted by Gasteiger charge is -2.24. The molecule has 3 heterocycles. The van der Waals surface area contributed by atoms with E-state index in [4.69, 9.17) is 4.52 Å². The van der Waals surface area contributed by atoms with Crippen LogP contribution >= 0.6 is 11.3 Å². The van der Waals surface area contributed by atoms with Gasteiger partial charge in [0.2, 0.25) is 0 Å². The Morgan fingerprint density at radius 2 is 2.12 bits per heavy atom. The van der Waals surface area contributed by atoms with Crippen molar-refractivity contribution in [2.24, 2.45) is 0 Å². The van der Waals surface area contributed by atoms with E-state index < -0.39 is 0 Å². The maximum Gasteiger partial charge on any atom is 0.269 e. The number of hydrogen-bond donors (Lipinski definition) is 0. The topological polar surface area (TPSA) is 42.2 Å². The lowest BCUT2D eigenvalue weighted by molar-refractivity contribution is 0.427. The Hall–Kier alpha value is -1.36. The van der Waals surface area contributed by atoms with Gasteiger partial charge in [-0.1, -0.05) is 6.07 Å². The van der Waals surface area contributed by atoms with Crippen LogP contribution in [0.2, 0.25) is 0 Å². The van der Waals surface area contributed by atoms with Crippen LogP contribution in [0.15, 0.2) is 22.0 Å². The summed E-state index contributed by atoms with van der Waals surface area (Å²) in [7, 11) is 0. The number of piperidine rings is 1. The van der Waals surface area contributed by atoms with Crippen LogP contribution in [-0.4, -0.2) is 23.2 Å². The van der Waals surface area contributed by atoms with Gasteiger partial charge >= 0.3 is 0 Å². The van der Waals surface area contributed by atoms with Crippen LogP contribution < -0.4 is 4.90 Å². The number of anilines is 1. The van der Waals surface area contributed by atoms with Crippen LogP contribution in [0.3, 0.4) is 0 Å². The molecule has 0 unspecified atom stereocenters. The van der Waals surface area contributed by atoms with Gasteiger partial charge in [-0.2, -0.15) is 4.98 Å². The van der Waals surface area contributed by atoms with Gasteiger partial charge in [-0.05, 0) is 35.9 Å². The number of rotatable bonds is 2. The fraction of sp³-hybridized carbons (Fsp3) is 0.455. The molecule has 0 N–H and O–H groups in total. The lowest BCUT2D eigenvalue weighted by Crippen LogP contribution is -2.30. The van der Waals surface area contributed by atoms with Crippen LogP contribution in [0.25, 0.3) is 10.8 Å². The number of aromatic nitrogens is 2. The molecule has 0 atom stereocenters. The van der Waals surface area contributed by atoms with E-state index in [1.165, 1.54) is 19.3 Å². The Morgan fingerprint density at radius 1 is 1.25 bits per heavy atom. The van der Waals surface area contributed by atoms with Crippen molar-refractivity contribution in [3.05, 3.63) is 17.5 Å². The third kappa shape index (κ3) is 1.82. The summed E-state index contributed by atoms with van der Waals surface area (Å²) in [5, 5.41) is 6.06. The second-order valence-corrected chi connectivity index (χ2v) is 4.87. The summed E-state index contributed by atoms with van der Waals surface area (Å²) in [6, 6.07) is 3.99. The van der Waals surface area contributed by atoms with Crippen molar-refractivity contribution in [3.8, 4) is 10.8 Å². The van der Waals surface area contributed by atoms with Crippen molar-refractivity contribution in [1.29, 1.82) is 0 Å². The molecule has 1 aliphatic rings. The molecule has 3 rings (SSSR count). The van der Waals surface area contributed by atoms with E-state index in [0.717, 1.165) is 23.9 Å². The van der Waals surface area contributed by atoms with Gasteiger partial charge in [-0.25, -0.2) is 0 Å². The summed E-state index contributed by atoms with van der Waals surface area (Å²) in [6.45, 7) is 2.09. The van der Waals surface area contributed by atoms with E-state index in [0.29, 0.717) is 5.89 Å². The normalized spacial score (nSPS) is 16.6. The lowest BCUT2D eigenvalue weighted by atomic mass is 10.1. The van der Waals surface area contributed by atoms with E-state index in [2.05, 4.69) is 15.0 Å². The summed E-state index contributed by atoms with van der Waals surface area (Å²) in [5.41, 5.74) is 0. The number of nitrogens with zero attached hydrogens (tertiary/aromatic N) is 3. The maximum atomic E-state index is 5.27. The molecule has 0 aromatic carbocycles. The zero-order chi connectivity index (χ0) is 10.8. The fourth-order valence-electron chi connectivity index (χ4n) is 1.94. The molecule has 0 spiro atoms. The minimum absolute atomic E-state index is 0.635. The van der Waals surface area contributed by atoms with E-state index in [-0.39, 0.29) is 0 Å². The van der Waals surface area contributed by atoms with Gasteiger partial charge in [0.05, 0.1) is 4.88 Å². The Balaban J connectivity index is 1.82. The highest BCUT2D eigenvalue weighted by Gasteiger charge is 2.17. The fourth-order valence-corrected chi connectivity index (χ4v) is 2.58. The summed E-state index contributed by atoms with van der Waals surface area (Å²) < 4.78 is 5.27. The van der Waals surface area contributed by atoms with Crippen molar-refractivity contribution < 1.29 is 4.52 Å². The number of thiophene rings is 1. The standard InChI is InChI=1S/C11H13N3OS/c1-2-6-14(7-3-1)11-12-10(15-13-11)9-5-4-8-16-9/h4-5,8H,1-3,6-7H2. The summed E-state index contributed by atoms with van der Waals surface area (Å²) in [4.78, 5) is 7.67. The van der Waals surface area contributed by atoms with E-state index in [1.54, 1.807) is 11.3 Å². The molecule has 0 bridgehead atoms. The van der Waals surface area contributed by atoms with Crippen LogP contribution in [0.4, 0.5) is 5.95 Å². The van der Waals surface area contributed by atoms with Gasteiger partial charge in [-0.3, -0.25) is 0 Å². The summed E-state index contributed by atoms with van der Waals surface area (Å²) >= 11 is 1.62. The molecule has 4 nitrogen and oxygen atoms in total.